The van der Waals surface area contributed by atoms with Crippen molar-refractivity contribution in [3.8, 4) is 0 Å². The molecule has 1 fully saturated rings. The zero-order valence-corrected chi connectivity index (χ0v) is 14.9. The van der Waals surface area contributed by atoms with Crippen LogP contribution in [0.25, 0.3) is 0 Å². The summed E-state index contributed by atoms with van der Waals surface area (Å²) in [7, 11) is 0. The van der Waals surface area contributed by atoms with Gasteiger partial charge in [-0.05, 0) is 25.3 Å². The van der Waals surface area contributed by atoms with E-state index >= 15 is 4.39 Å². The topological polar surface area (TPSA) is 57.6 Å². The van der Waals surface area contributed by atoms with Gasteiger partial charge in [-0.2, -0.15) is 0 Å². The number of hydrogen-bond donors (Lipinski definition) is 1. The van der Waals surface area contributed by atoms with Gasteiger partial charge in [-0.1, -0.05) is 39.0 Å². The van der Waals surface area contributed by atoms with Crippen LogP contribution in [0.1, 0.15) is 46.6 Å². The molecule has 1 aliphatic rings. The molecular formula is C18H22F3NO3. The molecule has 138 valence electrons. The van der Waals surface area contributed by atoms with Crippen LogP contribution in [0.3, 0.4) is 0 Å². The Morgan fingerprint density at radius 3 is 2.16 bits per heavy atom. The highest BCUT2D eigenvalue weighted by molar-refractivity contribution is 5.98. The monoisotopic (exact) mass is 357 g/mol. The Balaban J connectivity index is 2.92. The molecule has 0 radical (unpaired) electrons. The van der Waals surface area contributed by atoms with Crippen molar-refractivity contribution in [2.24, 2.45) is 5.41 Å². The number of likely N-dealkylation sites (tertiary alicyclic amines) is 1. The van der Waals surface area contributed by atoms with E-state index in [1.165, 1.54) is 39.0 Å². The molecule has 0 spiro atoms. The fourth-order valence-electron chi connectivity index (χ4n) is 3.78. The van der Waals surface area contributed by atoms with E-state index in [9.17, 15) is 23.5 Å². The highest BCUT2D eigenvalue weighted by Gasteiger charge is 2.71. The number of carbonyl (C=O) groups excluding carboxylic acids is 1. The zero-order chi connectivity index (χ0) is 19.4. The number of nitrogens with zero attached hydrogens (tertiary/aromatic N) is 1. The third-order valence-electron chi connectivity index (χ3n) is 5.22. The molecule has 7 heteroatoms. The smallest absolute Gasteiger partial charge is 0.415 e. The Morgan fingerprint density at radius 2 is 1.72 bits per heavy atom. The first-order chi connectivity index (χ1) is 11.2. The van der Waals surface area contributed by atoms with E-state index in [2.05, 4.69) is 0 Å². The second kappa shape index (κ2) is 5.47. The largest absolute Gasteiger partial charge is 0.465 e. The summed E-state index contributed by atoms with van der Waals surface area (Å²) in [5, 5.41) is 9.58. The minimum atomic E-state index is -2.73. The predicted octanol–water partition coefficient (Wildman–Crippen LogP) is 4.43. The highest BCUT2D eigenvalue weighted by Crippen LogP contribution is 2.58. The van der Waals surface area contributed by atoms with E-state index < -0.39 is 46.5 Å². The Bertz CT molecular complexity index is 729. The molecule has 1 aliphatic heterocycles. The number of halogens is 3. The van der Waals surface area contributed by atoms with Gasteiger partial charge in [0, 0.05) is 12.0 Å². The number of benzene rings is 1. The molecule has 0 bridgehead atoms. The van der Waals surface area contributed by atoms with Gasteiger partial charge in [-0.15, -0.1) is 0 Å². The minimum absolute atomic E-state index is 0.111. The summed E-state index contributed by atoms with van der Waals surface area (Å²) < 4.78 is 45.8. The lowest BCUT2D eigenvalue weighted by Gasteiger charge is -2.58. The fraction of sp³-hybridized carbons (Fsp3) is 0.556. The quantitative estimate of drug-likeness (QED) is 0.809. The van der Waals surface area contributed by atoms with E-state index in [4.69, 9.17) is 0 Å². The molecule has 1 N–H and O–H groups in total. The highest BCUT2D eigenvalue weighted by atomic mass is 19.2. The van der Waals surface area contributed by atoms with Crippen LogP contribution in [0, 0.1) is 11.2 Å². The molecule has 0 aromatic heterocycles. The van der Waals surface area contributed by atoms with Crippen LogP contribution < -0.4 is 0 Å². The lowest BCUT2D eigenvalue weighted by Crippen LogP contribution is -2.74. The Kier molecular flexibility index (Phi) is 4.22. The van der Waals surface area contributed by atoms with E-state index in [0.717, 1.165) is 19.9 Å². The molecule has 2 amide bonds. The third kappa shape index (κ3) is 2.51. The van der Waals surface area contributed by atoms with Crippen molar-refractivity contribution in [3.63, 3.8) is 0 Å². The maximum atomic E-state index is 16.4. The van der Waals surface area contributed by atoms with Gasteiger partial charge in [0.05, 0.1) is 0 Å². The molecule has 1 aromatic carbocycles. The zero-order valence-electron chi connectivity index (χ0n) is 14.9. The van der Waals surface area contributed by atoms with Crippen LogP contribution in [0.2, 0.25) is 0 Å². The molecule has 1 heterocycles. The molecular weight excluding hydrogens is 335 g/mol. The summed E-state index contributed by atoms with van der Waals surface area (Å²) in [5.41, 5.74) is -9.11. The Morgan fingerprint density at radius 1 is 1.20 bits per heavy atom. The number of rotatable bonds is 1. The maximum Gasteiger partial charge on any atom is 0.415 e. The fourth-order valence-corrected chi connectivity index (χ4v) is 3.78. The van der Waals surface area contributed by atoms with Crippen LogP contribution in [0.15, 0.2) is 24.3 Å². The van der Waals surface area contributed by atoms with Crippen molar-refractivity contribution in [1.29, 1.82) is 0 Å². The molecule has 25 heavy (non-hydrogen) atoms. The average molecular weight is 357 g/mol. The van der Waals surface area contributed by atoms with Crippen molar-refractivity contribution >= 4 is 12.0 Å². The maximum absolute atomic E-state index is 16.4. The normalized spacial score (nSPS) is 33.4. The van der Waals surface area contributed by atoms with Crippen LogP contribution in [0.4, 0.5) is 18.0 Å². The van der Waals surface area contributed by atoms with Crippen molar-refractivity contribution in [1.82, 2.24) is 4.90 Å². The van der Waals surface area contributed by atoms with Crippen molar-refractivity contribution < 1.29 is 27.9 Å². The second-order valence-corrected chi connectivity index (χ2v) is 7.90. The number of imide groups is 1. The van der Waals surface area contributed by atoms with E-state index in [0.29, 0.717) is 0 Å². The number of carboxylic acid groups (broad SMARTS) is 1. The summed E-state index contributed by atoms with van der Waals surface area (Å²) in [6.07, 6.45) is -2.71. The molecule has 0 aliphatic carbocycles. The van der Waals surface area contributed by atoms with Crippen molar-refractivity contribution in [3.05, 3.63) is 35.6 Å². The van der Waals surface area contributed by atoms with Crippen LogP contribution in [0.5, 0.6) is 0 Å². The molecule has 3 atom stereocenters. The van der Waals surface area contributed by atoms with Crippen LogP contribution >= 0.6 is 0 Å². The molecule has 2 rings (SSSR count). The van der Waals surface area contributed by atoms with Gasteiger partial charge >= 0.3 is 6.09 Å². The molecule has 1 aromatic rings. The van der Waals surface area contributed by atoms with E-state index in [1.807, 2.05) is 0 Å². The van der Waals surface area contributed by atoms with Gasteiger partial charge in [0.2, 0.25) is 0 Å². The summed E-state index contributed by atoms with van der Waals surface area (Å²) in [6.45, 7) is 6.40. The summed E-state index contributed by atoms with van der Waals surface area (Å²) in [6, 6.07) is 5.06. The first kappa shape index (κ1) is 19.3. The number of piperidine rings is 1. The summed E-state index contributed by atoms with van der Waals surface area (Å²) >= 11 is 0. The van der Waals surface area contributed by atoms with Crippen molar-refractivity contribution in [2.75, 3.05) is 0 Å². The van der Waals surface area contributed by atoms with E-state index in [1.54, 1.807) is 0 Å². The Labute approximate surface area is 144 Å². The van der Waals surface area contributed by atoms with Gasteiger partial charge in [0.15, 0.2) is 5.67 Å². The van der Waals surface area contributed by atoms with Crippen molar-refractivity contribution in [2.45, 2.75) is 57.9 Å². The average Bonchev–Trinajstić information content (AvgIpc) is 2.44. The first-order valence-electron chi connectivity index (χ1n) is 7.90. The number of hydrogen-bond acceptors (Lipinski definition) is 2. The third-order valence-corrected chi connectivity index (χ3v) is 5.22. The minimum Gasteiger partial charge on any atom is -0.465 e. The lowest BCUT2D eigenvalue weighted by atomic mass is 9.57. The number of carbonyl (C=O) groups is 2. The van der Waals surface area contributed by atoms with Crippen LogP contribution in [-0.4, -0.2) is 33.3 Å². The SMILES string of the molecule is CC(C)(C)[C@@]1(F)C[C@@](C)(F)C(=O)N(C(=O)O)[C@]1(C)c1ccccc1F. The van der Waals surface area contributed by atoms with Gasteiger partial charge in [-0.25, -0.2) is 22.9 Å². The molecule has 1 saturated heterocycles. The first-order valence-corrected chi connectivity index (χ1v) is 7.90. The standard InChI is InChI=1S/C18H22F3NO3/c1-15(2,3)18(21)10-16(4,20)13(23)22(14(24)25)17(18,5)11-8-6-7-9-12(11)19/h6-9H,10H2,1-5H3,(H,24,25)/t16-,17-,18+/m1/s1. The summed E-state index contributed by atoms with van der Waals surface area (Å²) in [4.78, 5) is 24.4. The van der Waals surface area contributed by atoms with Gasteiger partial charge in [0.25, 0.3) is 5.91 Å². The number of amides is 2. The Hall–Kier alpha value is -2.05. The lowest BCUT2D eigenvalue weighted by molar-refractivity contribution is -0.193. The summed E-state index contributed by atoms with van der Waals surface area (Å²) in [5.74, 6) is -2.26. The van der Waals surface area contributed by atoms with Gasteiger partial charge in [0.1, 0.15) is 17.0 Å². The van der Waals surface area contributed by atoms with Crippen LogP contribution in [-0.2, 0) is 10.3 Å². The van der Waals surface area contributed by atoms with Gasteiger partial charge < -0.3 is 5.11 Å². The predicted molar refractivity (Wildman–Crippen MR) is 86.0 cm³/mol. The molecule has 0 unspecified atom stereocenters. The second-order valence-electron chi connectivity index (χ2n) is 7.90. The number of alkyl halides is 2. The molecule has 4 nitrogen and oxygen atoms in total. The molecule has 0 saturated carbocycles. The van der Waals surface area contributed by atoms with E-state index in [-0.39, 0.29) is 10.5 Å². The van der Waals surface area contributed by atoms with Gasteiger partial charge in [-0.3, -0.25) is 4.79 Å².